The van der Waals surface area contributed by atoms with Crippen molar-refractivity contribution in [2.75, 3.05) is 12.4 Å². The number of rotatable bonds is 2. The molecular weight excluding hydrogens is 204 g/mol. The molecule has 1 heterocycles. The molecule has 1 aromatic rings. The number of benzene rings is 1. The zero-order valence-electron chi connectivity index (χ0n) is 9.36. The molecule has 0 fully saturated rings. The second-order valence-corrected chi connectivity index (χ2v) is 3.81. The summed E-state index contributed by atoms with van der Waals surface area (Å²) >= 11 is 0. The van der Waals surface area contributed by atoms with Gasteiger partial charge in [0, 0.05) is 6.07 Å². The Balaban J connectivity index is 2.25. The van der Waals surface area contributed by atoms with E-state index in [9.17, 15) is 0 Å². The Morgan fingerprint density at radius 1 is 1.56 bits per heavy atom. The molecule has 0 amide bonds. The van der Waals surface area contributed by atoms with Gasteiger partial charge < -0.3 is 14.8 Å². The molecule has 2 rings (SSSR count). The molecule has 84 valence electrons. The maximum Gasteiger partial charge on any atom is 0.143 e. The Kier molecular flexibility index (Phi) is 2.86. The second-order valence-electron chi connectivity index (χ2n) is 3.81. The third kappa shape index (κ3) is 1.89. The predicted molar refractivity (Wildman–Crippen MR) is 60.7 cm³/mol. The molecule has 0 saturated heterocycles. The Hall–Kier alpha value is -1.89. The van der Waals surface area contributed by atoms with Gasteiger partial charge >= 0.3 is 0 Å². The standard InChI is InChI=1S/C12H14N2O2/c1-8-11(5-6-13)16-12-4-3-9(15-2)7-10(12)14-8/h3-4,7-8,11,14H,5H2,1-2H3. The molecule has 0 radical (unpaired) electrons. The topological polar surface area (TPSA) is 54.3 Å². The third-order valence-corrected chi connectivity index (χ3v) is 2.70. The molecule has 16 heavy (non-hydrogen) atoms. The van der Waals surface area contributed by atoms with Crippen LogP contribution in [-0.4, -0.2) is 19.3 Å². The fourth-order valence-electron chi connectivity index (χ4n) is 1.76. The van der Waals surface area contributed by atoms with Crippen molar-refractivity contribution >= 4 is 5.69 Å². The number of nitriles is 1. The summed E-state index contributed by atoms with van der Waals surface area (Å²) in [6.07, 6.45) is 0.297. The van der Waals surface area contributed by atoms with Gasteiger partial charge in [0.25, 0.3) is 0 Å². The van der Waals surface area contributed by atoms with E-state index in [0.29, 0.717) is 6.42 Å². The van der Waals surface area contributed by atoms with Crippen LogP contribution < -0.4 is 14.8 Å². The van der Waals surface area contributed by atoms with Gasteiger partial charge in [-0.15, -0.1) is 0 Å². The molecule has 0 aliphatic carbocycles. The van der Waals surface area contributed by atoms with Gasteiger partial charge in [-0.05, 0) is 19.1 Å². The van der Waals surface area contributed by atoms with Gasteiger partial charge in [-0.25, -0.2) is 0 Å². The first-order chi connectivity index (χ1) is 7.74. The predicted octanol–water partition coefficient (Wildman–Crippen LogP) is 2.17. The molecule has 1 aliphatic heterocycles. The molecule has 2 atom stereocenters. The van der Waals surface area contributed by atoms with E-state index < -0.39 is 0 Å². The average molecular weight is 218 g/mol. The lowest BCUT2D eigenvalue weighted by molar-refractivity contribution is 0.179. The summed E-state index contributed by atoms with van der Waals surface area (Å²) in [6, 6.07) is 7.86. The van der Waals surface area contributed by atoms with Crippen LogP contribution in [0.2, 0.25) is 0 Å². The molecule has 0 spiro atoms. The fraction of sp³-hybridized carbons (Fsp3) is 0.417. The summed E-state index contributed by atoms with van der Waals surface area (Å²) in [5.74, 6) is 1.57. The smallest absolute Gasteiger partial charge is 0.143 e. The molecule has 1 N–H and O–H groups in total. The lowest BCUT2D eigenvalue weighted by atomic mass is 10.1. The Bertz CT molecular complexity index is 426. The number of anilines is 1. The number of hydrogen-bond acceptors (Lipinski definition) is 4. The summed E-state index contributed by atoms with van der Waals surface area (Å²) in [4.78, 5) is 0. The Morgan fingerprint density at radius 2 is 2.38 bits per heavy atom. The summed E-state index contributed by atoms with van der Waals surface area (Å²) in [7, 11) is 1.63. The molecule has 0 aromatic heterocycles. The normalized spacial score (nSPS) is 22.3. The minimum Gasteiger partial charge on any atom is -0.497 e. The van der Waals surface area contributed by atoms with Gasteiger partial charge in [-0.3, -0.25) is 0 Å². The maximum absolute atomic E-state index is 8.69. The van der Waals surface area contributed by atoms with Crippen LogP contribution in [0.5, 0.6) is 11.5 Å². The summed E-state index contributed by atoms with van der Waals surface area (Å²) < 4.78 is 10.9. The number of hydrogen-bond donors (Lipinski definition) is 1. The highest BCUT2D eigenvalue weighted by Crippen LogP contribution is 2.34. The van der Waals surface area contributed by atoms with E-state index in [0.717, 1.165) is 17.2 Å². The largest absolute Gasteiger partial charge is 0.497 e. The fourth-order valence-corrected chi connectivity index (χ4v) is 1.76. The second kappa shape index (κ2) is 4.31. The summed E-state index contributed by atoms with van der Waals surface area (Å²) in [5.41, 5.74) is 0.918. The quantitative estimate of drug-likeness (QED) is 0.826. The Morgan fingerprint density at radius 3 is 3.06 bits per heavy atom. The number of ether oxygens (including phenoxy) is 2. The van der Waals surface area contributed by atoms with Crippen molar-refractivity contribution < 1.29 is 9.47 Å². The van der Waals surface area contributed by atoms with E-state index in [2.05, 4.69) is 11.4 Å². The third-order valence-electron chi connectivity index (χ3n) is 2.70. The average Bonchev–Trinajstić information content (AvgIpc) is 2.30. The molecule has 2 unspecified atom stereocenters. The van der Waals surface area contributed by atoms with E-state index in [1.807, 2.05) is 25.1 Å². The van der Waals surface area contributed by atoms with Crippen molar-refractivity contribution in [2.24, 2.45) is 0 Å². The van der Waals surface area contributed by atoms with Crippen LogP contribution >= 0.6 is 0 Å². The number of fused-ring (bicyclic) bond motifs is 1. The van der Waals surface area contributed by atoms with E-state index in [-0.39, 0.29) is 12.1 Å². The van der Waals surface area contributed by atoms with Crippen molar-refractivity contribution in [3.05, 3.63) is 18.2 Å². The lowest BCUT2D eigenvalue weighted by Crippen LogP contribution is -2.38. The van der Waals surface area contributed by atoms with E-state index >= 15 is 0 Å². The van der Waals surface area contributed by atoms with Crippen molar-refractivity contribution in [3.8, 4) is 17.6 Å². The molecule has 1 aliphatic rings. The van der Waals surface area contributed by atoms with Gasteiger partial charge in [0.15, 0.2) is 0 Å². The summed E-state index contributed by atoms with van der Waals surface area (Å²) in [5, 5.41) is 12.0. The molecule has 0 bridgehead atoms. The summed E-state index contributed by atoms with van der Waals surface area (Å²) in [6.45, 7) is 2.00. The lowest BCUT2D eigenvalue weighted by Gasteiger charge is -2.31. The van der Waals surface area contributed by atoms with Gasteiger partial charge in [0.2, 0.25) is 0 Å². The first-order valence-electron chi connectivity index (χ1n) is 5.22. The molecular formula is C12H14N2O2. The number of nitrogens with zero attached hydrogens (tertiary/aromatic N) is 1. The van der Waals surface area contributed by atoms with Crippen molar-refractivity contribution in [3.63, 3.8) is 0 Å². The Labute approximate surface area is 94.8 Å². The maximum atomic E-state index is 8.69. The minimum absolute atomic E-state index is 0.0918. The van der Waals surface area contributed by atoms with Crippen LogP contribution in [0, 0.1) is 11.3 Å². The first kappa shape index (κ1) is 10.6. The molecule has 4 heteroatoms. The molecule has 0 saturated carbocycles. The van der Waals surface area contributed by atoms with Crippen LogP contribution in [0.1, 0.15) is 13.3 Å². The van der Waals surface area contributed by atoms with Gasteiger partial charge in [-0.1, -0.05) is 0 Å². The van der Waals surface area contributed by atoms with Crippen LogP contribution in [0.3, 0.4) is 0 Å². The van der Waals surface area contributed by atoms with Crippen molar-refractivity contribution in [1.29, 1.82) is 5.26 Å². The monoisotopic (exact) mass is 218 g/mol. The number of nitrogens with one attached hydrogen (secondary N) is 1. The zero-order chi connectivity index (χ0) is 11.5. The van der Waals surface area contributed by atoms with Crippen LogP contribution in [-0.2, 0) is 0 Å². The molecule has 1 aromatic carbocycles. The van der Waals surface area contributed by atoms with Crippen LogP contribution in [0.15, 0.2) is 18.2 Å². The van der Waals surface area contributed by atoms with E-state index in [1.165, 1.54) is 0 Å². The highest BCUT2D eigenvalue weighted by atomic mass is 16.5. The first-order valence-corrected chi connectivity index (χ1v) is 5.22. The zero-order valence-corrected chi connectivity index (χ0v) is 9.36. The highest BCUT2D eigenvalue weighted by Gasteiger charge is 2.26. The minimum atomic E-state index is -0.0918. The van der Waals surface area contributed by atoms with Gasteiger partial charge in [0.1, 0.15) is 17.6 Å². The number of methoxy groups -OCH3 is 1. The van der Waals surface area contributed by atoms with Crippen LogP contribution in [0.4, 0.5) is 5.69 Å². The van der Waals surface area contributed by atoms with Crippen molar-refractivity contribution in [1.82, 2.24) is 0 Å². The SMILES string of the molecule is COc1ccc2c(c1)NC(C)C(CC#N)O2. The molecule has 4 nitrogen and oxygen atoms in total. The van der Waals surface area contributed by atoms with Gasteiger partial charge in [0.05, 0.1) is 31.3 Å². The van der Waals surface area contributed by atoms with Crippen molar-refractivity contribution in [2.45, 2.75) is 25.5 Å². The van der Waals surface area contributed by atoms with Crippen LogP contribution in [0.25, 0.3) is 0 Å². The van der Waals surface area contributed by atoms with E-state index in [1.54, 1.807) is 7.11 Å². The van der Waals surface area contributed by atoms with E-state index in [4.69, 9.17) is 14.7 Å². The van der Waals surface area contributed by atoms with Gasteiger partial charge in [-0.2, -0.15) is 5.26 Å². The highest BCUT2D eigenvalue weighted by molar-refractivity contribution is 5.61.